The minimum absolute atomic E-state index is 0.232. The highest BCUT2D eigenvalue weighted by atomic mass is 16.3. The molecule has 0 saturated heterocycles. The maximum atomic E-state index is 10.00. The predicted octanol–water partition coefficient (Wildman–Crippen LogP) is 2.40. The quantitative estimate of drug-likeness (QED) is 0.749. The molecule has 0 aliphatic heterocycles. The summed E-state index contributed by atoms with van der Waals surface area (Å²) in [6.07, 6.45) is 1.67. The van der Waals surface area contributed by atoms with Crippen molar-refractivity contribution in [1.29, 1.82) is 0 Å². The third-order valence-corrected chi connectivity index (χ3v) is 2.23. The van der Waals surface area contributed by atoms with E-state index in [9.17, 15) is 5.11 Å². The normalized spacial score (nSPS) is 15.3. The van der Waals surface area contributed by atoms with Gasteiger partial charge in [0.05, 0.1) is 5.60 Å². The van der Waals surface area contributed by atoms with E-state index in [-0.39, 0.29) is 5.75 Å². The third kappa shape index (κ3) is 2.46. The molecule has 1 aromatic carbocycles. The van der Waals surface area contributed by atoms with E-state index in [0.717, 1.165) is 18.4 Å². The fourth-order valence-electron chi connectivity index (χ4n) is 1.45. The molecule has 0 bridgehead atoms. The van der Waals surface area contributed by atoms with Crippen molar-refractivity contribution < 1.29 is 10.2 Å². The van der Waals surface area contributed by atoms with Crippen LogP contribution in [0.4, 0.5) is 0 Å². The summed E-state index contributed by atoms with van der Waals surface area (Å²) < 4.78 is 0. The van der Waals surface area contributed by atoms with Crippen molar-refractivity contribution in [2.75, 3.05) is 0 Å². The van der Waals surface area contributed by atoms with Crippen LogP contribution >= 0.6 is 0 Å². The number of phenolic OH excluding ortho intramolecular Hbond substituents is 1. The van der Waals surface area contributed by atoms with Crippen LogP contribution in [-0.2, 0) is 5.60 Å². The van der Waals surface area contributed by atoms with Crippen molar-refractivity contribution in [3.8, 4) is 5.75 Å². The molecule has 1 rings (SSSR count). The monoisotopic (exact) mass is 180 g/mol. The van der Waals surface area contributed by atoms with Crippen LogP contribution < -0.4 is 0 Å². The highest BCUT2D eigenvalue weighted by Gasteiger charge is 2.21. The number of rotatable bonds is 3. The second kappa shape index (κ2) is 3.79. The molecule has 0 aliphatic carbocycles. The highest BCUT2D eigenvalue weighted by molar-refractivity contribution is 5.29. The molecule has 0 heterocycles. The number of benzene rings is 1. The van der Waals surface area contributed by atoms with E-state index in [2.05, 4.69) is 0 Å². The Hall–Kier alpha value is -1.02. The van der Waals surface area contributed by atoms with Crippen LogP contribution in [0.3, 0.4) is 0 Å². The first kappa shape index (κ1) is 10.1. The van der Waals surface area contributed by atoms with Crippen LogP contribution in [0.2, 0.25) is 0 Å². The number of aromatic hydroxyl groups is 1. The predicted molar refractivity (Wildman–Crippen MR) is 52.6 cm³/mol. The van der Waals surface area contributed by atoms with Gasteiger partial charge in [-0.1, -0.05) is 25.5 Å². The van der Waals surface area contributed by atoms with Gasteiger partial charge in [0.2, 0.25) is 0 Å². The van der Waals surface area contributed by atoms with Crippen LogP contribution in [0.5, 0.6) is 5.75 Å². The Morgan fingerprint density at radius 1 is 1.23 bits per heavy atom. The maximum absolute atomic E-state index is 10.00. The first-order chi connectivity index (χ1) is 6.06. The average molecular weight is 180 g/mol. The molecule has 0 saturated carbocycles. The van der Waals surface area contributed by atoms with Crippen molar-refractivity contribution >= 4 is 0 Å². The lowest BCUT2D eigenvalue weighted by Gasteiger charge is -2.23. The van der Waals surface area contributed by atoms with Crippen LogP contribution in [-0.4, -0.2) is 10.2 Å². The Kier molecular flexibility index (Phi) is 2.94. The lowest BCUT2D eigenvalue weighted by Crippen LogP contribution is -2.20. The maximum Gasteiger partial charge on any atom is 0.115 e. The SMILES string of the molecule is CCCC(C)(O)c1ccc(O)cc1. The summed E-state index contributed by atoms with van der Waals surface area (Å²) in [6.45, 7) is 3.83. The zero-order valence-electron chi connectivity index (χ0n) is 8.12. The molecule has 0 amide bonds. The standard InChI is InChI=1S/C11H16O2/c1-3-8-11(2,13)9-4-6-10(12)7-5-9/h4-7,12-13H,3,8H2,1-2H3. The zero-order valence-corrected chi connectivity index (χ0v) is 8.12. The molecule has 0 fully saturated rings. The Morgan fingerprint density at radius 3 is 2.23 bits per heavy atom. The van der Waals surface area contributed by atoms with E-state index < -0.39 is 5.60 Å². The molecule has 0 spiro atoms. The van der Waals surface area contributed by atoms with E-state index in [1.807, 2.05) is 6.92 Å². The molecule has 0 aromatic heterocycles. The van der Waals surface area contributed by atoms with Crippen LogP contribution in [0.1, 0.15) is 32.3 Å². The first-order valence-electron chi connectivity index (χ1n) is 4.58. The molecule has 2 N–H and O–H groups in total. The molecule has 0 aliphatic rings. The molecule has 2 heteroatoms. The summed E-state index contributed by atoms with van der Waals surface area (Å²) >= 11 is 0. The Morgan fingerprint density at radius 2 is 1.77 bits per heavy atom. The second-order valence-electron chi connectivity index (χ2n) is 3.57. The molecule has 1 atom stereocenters. The summed E-state index contributed by atoms with van der Waals surface area (Å²) in [5, 5.41) is 19.1. The summed E-state index contributed by atoms with van der Waals surface area (Å²) in [4.78, 5) is 0. The van der Waals surface area contributed by atoms with Gasteiger partial charge in [-0.15, -0.1) is 0 Å². The topological polar surface area (TPSA) is 40.5 Å². The van der Waals surface area contributed by atoms with Gasteiger partial charge in [0, 0.05) is 0 Å². The Balaban J connectivity index is 2.87. The summed E-state index contributed by atoms with van der Waals surface area (Å²) in [6, 6.07) is 6.70. The largest absolute Gasteiger partial charge is 0.508 e. The minimum atomic E-state index is -0.775. The lowest BCUT2D eigenvalue weighted by molar-refractivity contribution is 0.0469. The fraction of sp³-hybridized carbons (Fsp3) is 0.455. The van der Waals surface area contributed by atoms with E-state index in [1.165, 1.54) is 0 Å². The van der Waals surface area contributed by atoms with E-state index >= 15 is 0 Å². The molecule has 1 unspecified atom stereocenters. The van der Waals surface area contributed by atoms with Gasteiger partial charge in [0.1, 0.15) is 5.75 Å². The van der Waals surface area contributed by atoms with Gasteiger partial charge in [-0.25, -0.2) is 0 Å². The van der Waals surface area contributed by atoms with Gasteiger partial charge >= 0.3 is 0 Å². The molecule has 0 radical (unpaired) electrons. The number of phenols is 1. The summed E-state index contributed by atoms with van der Waals surface area (Å²) in [5.41, 5.74) is 0.0785. The molecule has 72 valence electrons. The summed E-state index contributed by atoms with van der Waals surface area (Å²) in [5.74, 6) is 0.232. The third-order valence-electron chi connectivity index (χ3n) is 2.23. The molecule has 13 heavy (non-hydrogen) atoms. The summed E-state index contributed by atoms with van der Waals surface area (Å²) in [7, 11) is 0. The van der Waals surface area contributed by atoms with Gasteiger partial charge in [0.15, 0.2) is 0 Å². The number of aliphatic hydroxyl groups is 1. The number of hydrogen-bond donors (Lipinski definition) is 2. The van der Waals surface area contributed by atoms with Crippen LogP contribution in [0.15, 0.2) is 24.3 Å². The van der Waals surface area contributed by atoms with Crippen molar-refractivity contribution in [2.24, 2.45) is 0 Å². The molecular formula is C11H16O2. The van der Waals surface area contributed by atoms with E-state index in [0.29, 0.717) is 0 Å². The van der Waals surface area contributed by atoms with Crippen molar-refractivity contribution in [3.63, 3.8) is 0 Å². The molecular weight excluding hydrogens is 164 g/mol. The van der Waals surface area contributed by atoms with Crippen molar-refractivity contribution in [1.82, 2.24) is 0 Å². The van der Waals surface area contributed by atoms with Crippen LogP contribution in [0, 0.1) is 0 Å². The van der Waals surface area contributed by atoms with Gasteiger partial charge in [-0.3, -0.25) is 0 Å². The van der Waals surface area contributed by atoms with E-state index in [1.54, 1.807) is 31.2 Å². The van der Waals surface area contributed by atoms with Crippen molar-refractivity contribution in [2.45, 2.75) is 32.3 Å². The number of hydrogen-bond acceptors (Lipinski definition) is 2. The second-order valence-corrected chi connectivity index (χ2v) is 3.57. The zero-order chi connectivity index (χ0) is 9.90. The van der Waals surface area contributed by atoms with Gasteiger partial charge in [-0.05, 0) is 31.0 Å². The minimum Gasteiger partial charge on any atom is -0.508 e. The Labute approximate surface area is 78.8 Å². The van der Waals surface area contributed by atoms with Gasteiger partial charge in [-0.2, -0.15) is 0 Å². The lowest BCUT2D eigenvalue weighted by atomic mass is 9.91. The molecule has 1 aromatic rings. The van der Waals surface area contributed by atoms with Crippen LogP contribution in [0.25, 0.3) is 0 Å². The van der Waals surface area contributed by atoms with E-state index in [4.69, 9.17) is 5.11 Å². The first-order valence-corrected chi connectivity index (χ1v) is 4.58. The molecule has 2 nitrogen and oxygen atoms in total. The average Bonchev–Trinajstić information content (AvgIpc) is 2.05. The fourth-order valence-corrected chi connectivity index (χ4v) is 1.45. The van der Waals surface area contributed by atoms with Gasteiger partial charge in [0.25, 0.3) is 0 Å². The van der Waals surface area contributed by atoms with Crippen molar-refractivity contribution in [3.05, 3.63) is 29.8 Å². The highest BCUT2D eigenvalue weighted by Crippen LogP contribution is 2.26. The Bertz CT molecular complexity index is 262. The smallest absolute Gasteiger partial charge is 0.115 e. The van der Waals surface area contributed by atoms with Gasteiger partial charge < -0.3 is 10.2 Å².